The van der Waals surface area contributed by atoms with Crippen LogP contribution in [0.5, 0.6) is 0 Å². The van der Waals surface area contributed by atoms with E-state index in [1.54, 1.807) is 23.1 Å². The molecule has 3 rings (SSSR count). The van der Waals surface area contributed by atoms with Crippen LogP contribution in [0.2, 0.25) is 0 Å². The van der Waals surface area contributed by atoms with Crippen molar-refractivity contribution in [2.24, 2.45) is 5.92 Å². The zero-order valence-electron chi connectivity index (χ0n) is 9.15. The number of aliphatic carboxylic acids is 1. The van der Waals surface area contributed by atoms with Gasteiger partial charge in [-0.1, -0.05) is 0 Å². The number of carboxylic acids is 1. The van der Waals surface area contributed by atoms with Gasteiger partial charge in [0.05, 0.1) is 12.6 Å². The first-order valence-corrected chi connectivity index (χ1v) is 5.49. The Morgan fingerprint density at radius 2 is 2.29 bits per heavy atom. The highest BCUT2D eigenvalue weighted by atomic mass is 16.4. The van der Waals surface area contributed by atoms with E-state index in [4.69, 9.17) is 5.11 Å². The van der Waals surface area contributed by atoms with Crippen LogP contribution in [0.4, 0.5) is 5.82 Å². The molecule has 0 radical (unpaired) electrons. The SMILES string of the molecule is O=C(O)CC1CN(c2nccn3nccc23)C1. The van der Waals surface area contributed by atoms with Crippen molar-refractivity contribution < 1.29 is 9.90 Å². The maximum atomic E-state index is 10.6. The number of hydrogen-bond donors (Lipinski definition) is 1. The van der Waals surface area contributed by atoms with Crippen molar-refractivity contribution in [3.05, 3.63) is 24.7 Å². The molecule has 2 aromatic heterocycles. The predicted molar refractivity (Wildman–Crippen MR) is 60.9 cm³/mol. The molecular weight excluding hydrogens is 220 g/mol. The molecule has 0 bridgehead atoms. The van der Waals surface area contributed by atoms with E-state index in [-0.39, 0.29) is 12.3 Å². The van der Waals surface area contributed by atoms with Gasteiger partial charge in [0, 0.05) is 31.4 Å². The van der Waals surface area contributed by atoms with Crippen LogP contribution < -0.4 is 4.90 Å². The van der Waals surface area contributed by atoms with Gasteiger partial charge in [0.15, 0.2) is 5.82 Å². The van der Waals surface area contributed by atoms with Crippen LogP contribution >= 0.6 is 0 Å². The molecular formula is C11H12N4O2. The van der Waals surface area contributed by atoms with E-state index in [0.29, 0.717) is 0 Å². The molecule has 0 saturated carbocycles. The zero-order chi connectivity index (χ0) is 11.8. The second-order valence-electron chi connectivity index (χ2n) is 4.28. The molecule has 0 unspecified atom stereocenters. The average molecular weight is 232 g/mol. The molecule has 1 N–H and O–H groups in total. The van der Waals surface area contributed by atoms with Crippen molar-refractivity contribution in [3.8, 4) is 0 Å². The Kier molecular flexibility index (Phi) is 2.21. The summed E-state index contributed by atoms with van der Waals surface area (Å²) in [5.41, 5.74) is 0.960. The third-order valence-corrected chi connectivity index (χ3v) is 3.02. The lowest BCUT2D eigenvalue weighted by Gasteiger charge is -2.39. The molecule has 1 aliphatic heterocycles. The second kappa shape index (κ2) is 3.73. The fourth-order valence-electron chi connectivity index (χ4n) is 2.21. The Labute approximate surface area is 97.5 Å². The van der Waals surface area contributed by atoms with Gasteiger partial charge < -0.3 is 10.0 Å². The third-order valence-electron chi connectivity index (χ3n) is 3.02. The highest BCUT2D eigenvalue weighted by Crippen LogP contribution is 2.27. The normalized spacial score (nSPS) is 16.1. The highest BCUT2D eigenvalue weighted by Gasteiger charge is 2.30. The number of carbonyl (C=O) groups is 1. The number of rotatable bonds is 3. The molecule has 0 aromatic carbocycles. The van der Waals surface area contributed by atoms with E-state index >= 15 is 0 Å². The number of hydrogen-bond acceptors (Lipinski definition) is 4. The van der Waals surface area contributed by atoms with Gasteiger partial charge in [-0.05, 0) is 6.07 Å². The summed E-state index contributed by atoms with van der Waals surface area (Å²) in [7, 11) is 0. The third kappa shape index (κ3) is 1.71. The lowest BCUT2D eigenvalue weighted by atomic mass is 9.96. The van der Waals surface area contributed by atoms with Crippen LogP contribution in [0.15, 0.2) is 24.7 Å². The van der Waals surface area contributed by atoms with Crippen LogP contribution in [0.1, 0.15) is 6.42 Å². The number of anilines is 1. The molecule has 1 saturated heterocycles. The van der Waals surface area contributed by atoms with E-state index in [1.807, 2.05) is 6.07 Å². The molecule has 3 heterocycles. The predicted octanol–water partition coefficient (Wildman–Crippen LogP) is 0.640. The number of fused-ring (bicyclic) bond motifs is 1. The summed E-state index contributed by atoms with van der Waals surface area (Å²) in [5, 5.41) is 12.8. The van der Waals surface area contributed by atoms with Gasteiger partial charge in [0.1, 0.15) is 5.52 Å². The lowest BCUT2D eigenvalue weighted by molar-refractivity contribution is -0.138. The quantitative estimate of drug-likeness (QED) is 0.840. The maximum Gasteiger partial charge on any atom is 0.303 e. The first-order valence-electron chi connectivity index (χ1n) is 5.49. The molecule has 2 aromatic rings. The van der Waals surface area contributed by atoms with E-state index in [9.17, 15) is 4.79 Å². The van der Waals surface area contributed by atoms with Crippen molar-refractivity contribution in [1.29, 1.82) is 0 Å². The Morgan fingerprint density at radius 1 is 1.47 bits per heavy atom. The van der Waals surface area contributed by atoms with Crippen molar-refractivity contribution in [1.82, 2.24) is 14.6 Å². The van der Waals surface area contributed by atoms with Crippen LogP contribution in [0.3, 0.4) is 0 Å². The topological polar surface area (TPSA) is 70.7 Å². The molecule has 0 amide bonds. The first-order chi connectivity index (χ1) is 8.24. The van der Waals surface area contributed by atoms with Gasteiger partial charge in [-0.3, -0.25) is 4.79 Å². The van der Waals surface area contributed by atoms with Crippen molar-refractivity contribution in [3.63, 3.8) is 0 Å². The molecule has 17 heavy (non-hydrogen) atoms. The summed E-state index contributed by atoms with van der Waals surface area (Å²) >= 11 is 0. The highest BCUT2D eigenvalue weighted by molar-refractivity contribution is 5.71. The van der Waals surface area contributed by atoms with E-state index < -0.39 is 5.97 Å². The van der Waals surface area contributed by atoms with Gasteiger partial charge in [0.2, 0.25) is 0 Å². The van der Waals surface area contributed by atoms with E-state index in [2.05, 4.69) is 15.0 Å². The number of carboxylic acid groups (broad SMARTS) is 1. The van der Waals surface area contributed by atoms with Crippen molar-refractivity contribution in [2.75, 3.05) is 18.0 Å². The fraction of sp³-hybridized carbons (Fsp3) is 0.364. The molecule has 0 aliphatic carbocycles. The summed E-state index contributed by atoms with van der Waals surface area (Å²) in [6.45, 7) is 1.51. The molecule has 6 nitrogen and oxygen atoms in total. The standard InChI is InChI=1S/C11H12N4O2/c16-10(17)5-8-6-14(7-8)11-9-1-2-13-15(9)4-3-12-11/h1-4,8H,5-7H2,(H,16,17). The van der Waals surface area contributed by atoms with Gasteiger partial charge in [0.25, 0.3) is 0 Å². The van der Waals surface area contributed by atoms with E-state index in [0.717, 1.165) is 24.4 Å². The monoisotopic (exact) mass is 232 g/mol. The maximum absolute atomic E-state index is 10.6. The fourth-order valence-corrected chi connectivity index (χ4v) is 2.21. The Bertz CT molecular complexity index is 559. The number of nitrogens with zero attached hydrogens (tertiary/aromatic N) is 4. The molecule has 1 aliphatic rings. The summed E-state index contributed by atoms with van der Waals surface area (Å²) in [5.74, 6) is 0.384. The van der Waals surface area contributed by atoms with Crippen LogP contribution in [-0.2, 0) is 4.79 Å². The summed E-state index contributed by atoms with van der Waals surface area (Å²) in [6, 6.07) is 1.91. The van der Waals surface area contributed by atoms with Crippen LogP contribution in [0, 0.1) is 5.92 Å². The minimum atomic E-state index is -0.731. The summed E-state index contributed by atoms with van der Waals surface area (Å²) in [4.78, 5) is 17.0. The Balaban J connectivity index is 1.78. The van der Waals surface area contributed by atoms with Crippen LogP contribution in [-0.4, -0.2) is 38.8 Å². The van der Waals surface area contributed by atoms with Crippen molar-refractivity contribution in [2.45, 2.75) is 6.42 Å². The lowest BCUT2D eigenvalue weighted by Crippen LogP contribution is -2.48. The zero-order valence-corrected chi connectivity index (χ0v) is 9.15. The van der Waals surface area contributed by atoms with Crippen molar-refractivity contribution >= 4 is 17.3 Å². The Hall–Kier alpha value is -2.11. The van der Waals surface area contributed by atoms with Gasteiger partial charge in [-0.2, -0.15) is 5.10 Å². The van der Waals surface area contributed by atoms with Gasteiger partial charge in [-0.15, -0.1) is 0 Å². The molecule has 1 fully saturated rings. The summed E-state index contributed by atoms with van der Waals surface area (Å²) in [6.07, 6.45) is 5.47. The minimum absolute atomic E-state index is 0.234. The second-order valence-corrected chi connectivity index (χ2v) is 4.28. The largest absolute Gasteiger partial charge is 0.481 e. The van der Waals surface area contributed by atoms with E-state index in [1.165, 1.54) is 0 Å². The molecule has 0 spiro atoms. The average Bonchev–Trinajstić information content (AvgIpc) is 2.70. The van der Waals surface area contributed by atoms with Gasteiger partial charge >= 0.3 is 5.97 Å². The molecule has 6 heteroatoms. The molecule has 0 atom stereocenters. The van der Waals surface area contributed by atoms with Gasteiger partial charge in [-0.25, -0.2) is 9.50 Å². The number of aromatic nitrogens is 3. The smallest absolute Gasteiger partial charge is 0.303 e. The minimum Gasteiger partial charge on any atom is -0.481 e. The van der Waals surface area contributed by atoms with Crippen LogP contribution in [0.25, 0.3) is 5.52 Å². The molecule has 88 valence electrons. The first kappa shape index (κ1) is 10.1. The summed E-state index contributed by atoms with van der Waals surface area (Å²) < 4.78 is 1.77. The Morgan fingerprint density at radius 3 is 3.06 bits per heavy atom.